The van der Waals surface area contributed by atoms with E-state index in [0.717, 1.165) is 5.56 Å². The smallest absolute Gasteiger partial charge is 0.252 e. The maximum Gasteiger partial charge on any atom is 0.252 e. The fraction of sp³-hybridized carbons (Fsp3) is 0.462. The molecule has 6 heteroatoms. The first-order valence-corrected chi connectivity index (χ1v) is 7.04. The van der Waals surface area contributed by atoms with Gasteiger partial charge in [0.05, 0.1) is 0 Å². The van der Waals surface area contributed by atoms with Crippen LogP contribution in [0.25, 0.3) is 0 Å². The molecular formula is C13H17Cl3N2O. The van der Waals surface area contributed by atoms with Gasteiger partial charge in [-0.3, -0.25) is 10.1 Å². The lowest BCUT2D eigenvalue weighted by molar-refractivity contribution is 0.0927. The van der Waals surface area contributed by atoms with Crippen molar-refractivity contribution in [1.82, 2.24) is 10.6 Å². The molecule has 2 N–H and O–H groups in total. The second-order valence-corrected chi connectivity index (χ2v) is 6.95. The zero-order valence-corrected chi connectivity index (χ0v) is 13.3. The molecule has 1 amide bonds. The number of rotatable bonds is 4. The topological polar surface area (TPSA) is 41.1 Å². The molecule has 0 heterocycles. The van der Waals surface area contributed by atoms with Crippen LogP contribution >= 0.6 is 34.8 Å². The van der Waals surface area contributed by atoms with Crippen molar-refractivity contribution in [2.24, 2.45) is 0 Å². The predicted molar refractivity (Wildman–Crippen MR) is 81.0 cm³/mol. The molecule has 0 unspecified atom stereocenters. The average molecular weight is 324 g/mol. The number of carbonyl (C=O) groups is 1. The molecule has 3 nitrogen and oxygen atoms in total. The van der Waals surface area contributed by atoms with Crippen LogP contribution < -0.4 is 10.6 Å². The second kappa shape index (κ2) is 6.80. The minimum Gasteiger partial charge on any atom is -0.333 e. The van der Waals surface area contributed by atoms with E-state index < -0.39 is 9.96 Å². The molecule has 0 aliphatic carbocycles. The highest BCUT2D eigenvalue weighted by Crippen LogP contribution is 2.29. The molecule has 0 saturated carbocycles. The number of hydrogen-bond donors (Lipinski definition) is 2. The summed E-state index contributed by atoms with van der Waals surface area (Å²) < 4.78 is -1.62. The third kappa shape index (κ3) is 5.19. The minimum absolute atomic E-state index is 0.0674. The van der Waals surface area contributed by atoms with Crippen LogP contribution in [0.2, 0.25) is 0 Å². The van der Waals surface area contributed by atoms with Crippen LogP contribution in [0.3, 0.4) is 0 Å². The Balaban J connectivity index is 2.86. The van der Waals surface area contributed by atoms with Gasteiger partial charge in [-0.25, -0.2) is 0 Å². The molecule has 1 aromatic carbocycles. The third-order valence-corrected chi connectivity index (χ3v) is 3.15. The first-order valence-electron chi connectivity index (χ1n) is 5.91. The standard InChI is InChI=1S/C13H17Cl3N2O/c1-8(2)17-12(13(14,15)16)18-11(19)10-7-5-4-6-9(10)3/h4-8,12,17H,1-3H3,(H,18,19)/t12-/m0/s1. The molecule has 1 aromatic rings. The summed E-state index contributed by atoms with van der Waals surface area (Å²) in [6.45, 7) is 5.67. The van der Waals surface area contributed by atoms with Crippen molar-refractivity contribution in [3.63, 3.8) is 0 Å². The number of benzene rings is 1. The highest BCUT2D eigenvalue weighted by Gasteiger charge is 2.34. The molecule has 0 saturated heterocycles. The SMILES string of the molecule is Cc1ccccc1C(=O)N[C@H](NC(C)C)C(Cl)(Cl)Cl. The quantitative estimate of drug-likeness (QED) is 0.658. The molecule has 0 radical (unpaired) electrons. The van der Waals surface area contributed by atoms with E-state index in [-0.39, 0.29) is 11.9 Å². The summed E-state index contributed by atoms with van der Waals surface area (Å²) in [4.78, 5) is 12.2. The summed E-state index contributed by atoms with van der Waals surface area (Å²) in [6.07, 6.45) is -0.760. The van der Waals surface area contributed by atoms with Crippen LogP contribution in [-0.4, -0.2) is 21.9 Å². The largest absolute Gasteiger partial charge is 0.333 e. The van der Waals surface area contributed by atoms with E-state index in [0.29, 0.717) is 5.56 Å². The number of aryl methyl sites for hydroxylation is 1. The van der Waals surface area contributed by atoms with Crippen LogP contribution in [0.5, 0.6) is 0 Å². The van der Waals surface area contributed by atoms with Gasteiger partial charge in [0.25, 0.3) is 5.91 Å². The zero-order valence-electron chi connectivity index (χ0n) is 11.0. The van der Waals surface area contributed by atoms with E-state index in [4.69, 9.17) is 34.8 Å². The summed E-state index contributed by atoms with van der Waals surface area (Å²) in [5.74, 6) is -0.275. The molecule has 0 aromatic heterocycles. The summed E-state index contributed by atoms with van der Waals surface area (Å²) in [5, 5.41) is 5.71. The minimum atomic E-state index is -1.62. The van der Waals surface area contributed by atoms with E-state index in [1.54, 1.807) is 12.1 Å². The highest BCUT2D eigenvalue weighted by atomic mass is 35.6. The van der Waals surface area contributed by atoms with Crippen molar-refractivity contribution >= 4 is 40.7 Å². The summed E-state index contributed by atoms with van der Waals surface area (Å²) >= 11 is 17.6. The van der Waals surface area contributed by atoms with Crippen molar-refractivity contribution in [3.8, 4) is 0 Å². The van der Waals surface area contributed by atoms with Gasteiger partial charge in [-0.1, -0.05) is 53.0 Å². The normalized spacial score (nSPS) is 13.4. The molecule has 0 aliphatic heterocycles. The highest BCUT2D eigenvalue weighted by molar-refractivity contribution is 6.68. The van der Waals surface area contributed by atoms with Gasteiger partial charge in [-0.15, -0.1) is 0 Å². The van der Waals surface area contributed by atoms with Gasteiger partial charge in [-0.05, 0) is 32.4 Å². The maximum absolute atomic E-state index is 12.2. The summed E-state index contributed by atoms with van der Waals surface area (Å²) in [7, 11) is 0. The predicted octanol–water partition coefficient (Wildman–Crippen LogP) is 3.42. The van der Waals surface area contributed by atoms with Crippen molar-refractivity contribution in [1.29, 1.82) is 0 Å². The van der Waals surface area contributed by atoms with Crippen molar-refractivity contribution < 1.29 is 4.79 Å². The molecule has 1 atom stereocenters. The van der Waals surface area contributed by atoms with Gasteiger partial charge in [0.2, 0.25) is 3.79 Å². The van der Waals surface area contributed by atoms with E-state index in [2.05, 4.69) is 10.6 Å². The second-order valence-electron chi connectivity index (χ2n) is 4.58. The molecule has 19 heavy (non-hydrogen) atoms. The van der Waals surface area contributed by atoms with Crippen LogP contribution in [0, 0.1) is 6.92 Å². The van der Waals surface area contributed by atoms with Gasteiger partial charge >= 0.3 is 0 Å². The van der Waals surface area contributed by atoms with Gasteiger partial charge in [0.15, 0.2) is 0 Å². The Morgan fingerprint density at radius 1 is 1.21 bits per heavy atom. The number of hydrogen-bond acceptors (Lipinski definition) is 2. The Kier molecular flexibility index (Phi) is 5.93. The molecule has 0 spiro atoms. The zero-order chi connectivity index (χ0) is 14.6. The van der Waals surface area contributed by atoms with Crippen LogP contribution in [-0.2, 0) is 0 Å². The number of carbonyl (C=O) groups excluding carboxylic acids is 1. The molecule has 106 valence electrons. The lowest BCUT2D eigenvalue weighted by Gasteiger charge is -2.28. The Hall–Kier alpha value is -0.480. The van der Waals surface area contributed by atoms with Crippen molar-refractivity contribution in [3.05, 3.63) is 35.4 Å². The molecule has 1 rings (SSSR count). The van der Waals surface area contributed by atoms with Crippen molar-refractivity contribution in [2.45, 2.75) is 36.8 Å². The molecule has 0 bridgehead atoms. The Labute approximate surface area is 128 Å². The van der Waals surface area contributed by atoms with Crippen molar-refractivity contribution in [2.75, 3.05) is 0 Å². The monoisotopic (exact) mass is 322 g/mol. The third-order valence-electron chi connectivity index (χ3n) is 2.49. The number of nitrogens with one attached hydrogen (secondary N) is 2. The summed E-state index contributed by atoms with van der Waals surface area (Å²) in [5.41, 5.74) is 1.43. The molecule has 0 fully saturated rings. The number of halogens is 3. The number of amides is 1. The van der Waals surface area contributed by atoms with Crippen LogP contribution in [0.15, 0.2) is 24.3 Å². The Morgan fingerprint density at radius 2 is 1.79 bits per heavy atom. The van der Waals surface area contributed by atoms with Crippen LogP contribution in [0.1, 0.15) is 29.8 Å². The van der Waals surface area contributed by atoms with Gasteiger partial charge in [0.1, 0.15) is 6.17 Å². The average Bonchev–Trinajstić information content (AvgIpc) is 2.26. The van der Waals surface area contributed by atoms with E-state index in [1.807, 2.05) is 32.9 Å². The summed E-state index contributed by atoms with van der Waals surface area (Å²) in [6, 6.07) is 7.32. The lowest BCUT2D eigenvalue weighted by Crippen LogP contribution is -2.55. The molecular weight excluding hydrogens is 307 g/mol. The maximum atomic E-state index is 12.2. The van der Waals surface area contributed by atoms with Gasteiger partial charge < -0.3 is 5.32 Å². The van der Waals surface area contributed by atoms with Gasteiger partial charge in [-0.2, -0.15) is 0 Å². The fourth-order valence-electron chi connectivity index (χ4n) is 1.59. The molecule has 0 aliphatic rings. The lowest BCUT2D eigenvalue weighted by atomic mass is 10.1. The Morgan fingerprint density at radius 3 is 2.26 bits per heavy atom. The van der Waals surface area contributed by atoms with E-state index in [1.165, 1.54) is 0 Å². The van der Waals surface area contributed by atoms with E-state index >= 15 is 0 Å². The fourth-order valence-corrected chi connectivity index (χ4v) is 1.94. The number of alkyl halides is 3. The van der Waals surface area contributed by atoms with E-state index in [9.17, 15) is 4.79 Å². The Bertz CT molecular complexity index is 444. The van der Waals surface area contributed by atoms with Gasteiger partial charge in [0, 0.05) is 11.6 Å². The first-order chi connectivity index (χ1) is 8.71. The first kappa shape index (κ1) is 16.6. The van der Waals surface area contributed by atoms with Crippen LogP contribution in [0.4, 0.5) is 0 Å².